The fourth-order valence-electron chi connectivity index (χ4n) is 0.310. The van der Waals surface area contributed by atoms with E-state index in [0.29, 0.717) is 0 Å². The van der Waals surface area contributed by atoms with Gasteiger partial charge < -0.3 is 5.73 Å². The summed E-state index contributed by atoms with van der Waals surface area (Å²) >= 11 is 0. The summed E-state index contributed by atoms with van der Waals surface area (Å²) in [7, 11) is -3.57. The summed E-state index contributed by atoms with van der Waals surface area (Å²) < 4.78 is 24.8. The Morgan fingerprint density at radius 3 is 2.10 bits per heavy atom. The predicted molar refractivity (Wildman–Crippen MR) is 34.6 cm³/mol. The molecule has 0 aromatic carbocycles. The third-order valence-corrected chi connectivity index (χ3v) is 1.36. The van der Waals surface area contributed by atoms with Gasteiger partial charge in [-0.25, -0.2) is 0 Å². The molecule has 0 radical (unpaired) electrons. The molecule has 0 rings (SSSR count). The summed E-state index contributed by atoms with van der Waals surface area (Å²) in [6.07, 6.45) is -0.234. The molecule has 0 aliphatic rings. The van der Waals surface area contributed by atoms with E-state index in [2.05, 4.69) is 4.18 Å². The maximum Gasteiger partial charge on any atom is 0.265 e. The van der Waals surface area contributed by atoms with Gasteiger partial charge in [0, 0.05) is 0 Å². The maximum absolute atomic E-state index is 10.3. The van der Waals surface area contributed by atoms with E-state index in [9.17, 15) is 13.2 Å². The summed E-state index contributed by atoms with van der Waals surface area (Å²) in [5.41, 5.74) is 4.71. The lowest BCUT2D eigenvalue weighted by molar-refractivity contribution is -0.123. The van der Waals surface area contributed by atoms with E-state index in [0.717, 1.165) is 6.26 Å². The third-order valence-electron chi connectivity index (χ3n) is 0.720. The summed E-state index contributed by atoms with van der Waals surface area (Å²) in [6.45, 7) is 1.27. The normalized spacial score (nSPS) is 14.6. The van der Waals surface area contributed by atoms with Crippen LogP contribution in [-0.2, 0) is 19.1 Å². The standard InChI is InChI=1S/C4H9NO4S/c1-3(4(5)6)9-10(2,7)8/h3H,1-2H3,(H2,5,6)/t3-/m0/s1. The minimum Gasteiger partial charge on any atom is -0.367 e. The van der Waals surface area contributed by atoms with Crippen molar-refractivity contribution in [2.45, 2.75) is 13.0 Å². The Balaban J connectivity index is 4.06. The van der Waals surface area contributed by atoms with E-state index in [4.69, 9.17) is 5.73 Å². The van der Waals surface area contributed by atoms with Crippen LogP contribution in [-0.4, -0.2) is 26.7 Å². The lowest BCUT2D eigenvalue weighted by Gasteiger charge is -2.04. The third kappa shape index (κ3) is 4.28. The molecule has 0 aliphatic heterocycles. The van der Waals surface area contributed by atoms with Crippen LogP contribution < -0.4 is 5.73 Å². The monoisotopic (exact) mass is 167 g/mol. The second kappa shape index (κ2) is 2.98. The van der Waals surface area contributed by atoms with Crippen LogP contribution in [0.15, 0.2) is 0 Å². The van der Waals surface area contributed by atoms with Crippen molar-refractivity contribution in [3.63, 3.8) is 0 Å². The fourth-order valence-corrected chi connectivity index (χ4v) is 0.929. The number of carbonyl (C=O) groups excluding carboxylic acids is 1. The quantitative estimate of drug-likeness (QED) is 0.537. The van der Waals surface area contributed by atoms with Crippen LogP contribution in [0.2, 0.25) is 0 Å². The van der Waals surface area contributed by atoms with Gasteiger partial charge in [0.25, 0.3) is 10.1 Å². The molecule has 60 valence electrons. The minimum absolute atomic E-state index is 0.801. The second-order valence-electron chi connectivity index (χ2n) is 1.84. The van der Waals surface area contributed by atoms with Crippen molar-refractivity contribution in [2.75, 3.05) is 6.26 Å². The van der Waals surface area contributed by atoms with E-state index in [1.54, 1.807) is 0 Å². The molecule has 0 saturated carbocycles. The Kier molecular flexibility index (Phi) is 2.79. The number of amides is 1. The highest BCUT2D eigenvalue weighted by Gasteiger charge is 2.14. The molecule has 0 saturated heterocycles. The van der Waals surface area contributed by atoms with Gasteiger partial charge in [-0.05, 0) is 6.92 Å². The van der Waals surface area contributed by atoms with Crippen LogP contribution in [0, 0.1) is 0 Å². The molecular weight excluding hydrogens is 158 g/mol. The molecule has 0 fully saturated rings. The summed E-state index contributed by atoms with van der Waals surface area (Å²) in [5.74, 6) is -0.801. The first-order valence-corrected chi connectivity index (χ1v) is 4.32. The maximum atomic E-state index is 10.3. The first-order valence-electron chi connectivity index (χ1n) is 2.50. The number of hydrogen-bond acceptors (Lipinski definition) is 4. The number of hydrogen-bond donors (Lipinski definition) is 1. The van der Waals surface area contributed by atoms with Crippen molar-refractivity contribution in [3.8, 4) is 0 Å². The van der Waals surface area contributed by atoms with Gasteiger partial charge in [-0.1, -0.05) is 0 Å². The van der Waals surface area contributed by atoms with Gasteiger partial charge in [0.15, 0.2) is 6.10 Å². The molecule has 5 nitrogen and oxygen atoms in total. The summed E-state index contributed by atoms with van der Waals surface area (Å²) in [6, 6.07) is 0. The topological polar surface area (TPSA) is 86.5 Å². The summed E-state index contributed by atoms with van der Waals surface area (Å²) in [4.78, 5) is 10.2. The van der Waals surface area contributed by atoms with Crippen molar-refractivity contribution in [2.24, 2.45) is 5.73 Å². The lowest BCUT2D eigenvalue weighted by atomic mass is 10.4. The molecule has 10 heavy (non-hydrogen) atoms. The van der Waals surface area contributed by atoms with Gasteiger partial charge in [0.2, 0.25) is 5.91 Å². The Morgan fingerprint density at radius 1 is 1.60 bits per heavy atom. The zero-order valence-electron chi connectivity index (χ0n) is 5.70. The highest BCUT2D eigenvalue weighted by molar-refractivity contribution is 7.86. The molecule has 0 bridgehead atoms. The molecule has 0 unspecified atom stereocenters. The largest absolute Gasteiger partial charge is 0.367 e. The molecule has 0 aromatic heterocycles. The Bertz CT molecular complexity index is 219. The van der Waals surface area contributed by atoms with Crippen molar-refractivity contribution in [1.29, 1.82) is 0 Å². The lowest BCUT2D eigenvalue weighted by Crippen LogP contribution is -2.30. The number of rotatable bonds is 3. The second-order valence-corrected chi connectivity index (χ2v) is 3.45. The van der Waals surface area contributed by atoms with Crippen LogP contribution in [0.1, 0.15) is 6.92 Å². The molecular formula is C4H9NO4S. The molecule has 0 spiro atoms. The van der Waals surface area contributed by atoms with Gasteiger partial charge in [-0.2, -0.15) is 8.42 Å². The van der Waals surface area contributed by atoms with Gasteiger partial charge in [0.05, 0.1) is 6.26 Å². The molecule has 0 aromatic rings. The number of primary amides is 1. The minimum atomic E-state index is -3.57. The first-order chi connectivity index (χ1) is 4.33. The highest BCUT2D eigenvalue weighted by atomic mass is 32.2. The fraction of sp³-hybridized carbons (Fsp3) is 0.750. The van der Waals surface area contributed by atoms with Crippen molar-refractivity contribution >= 4 is 16.0 Å². The first kappa shape index (κ1) is 9.38. The van der Waals surface area contributed by atoms with Crippen LogP contribution >= 0.6 is 0 Å². The SMILES string of the molecule is C[C@H](OS(C)(=O)=O)C(N)=O. The molecule has 2 N–H and O–H groups in total. The average Bonchev–Trinajstić information content (AvgIpc) is 1.60. The predicted octanol–water partition coefficient (Wildman–Crippen LogP) is -1.16. The van der Waals surface area contributed by atoms with Crippen LogP contribution in [0.3, 0.4) is 0 Å². The summed E-state index contributed by atoms with van der Waals surface area (Å²) in [5, 5.41) is 0. The van der Waals surface area contributed by atoms with Crippen LogP contribution in [0.5, 0.6) is 0 Å². The molecule has 0 aliphatic carbocycles. The highest BCUT2D eigenvalue weighted by Crippen LogP contribution is 1.94. The molecule has 6 heteroatoms. The van der Waals surface area contributed by atoms with Gasteiger partial charge >= 0.3 is 0 Å². The van der Waals surface area contributed by atoms with E-state index < -0.39 is 22.1 Å². The van der Waals surface area contributed by atoms with Crippen LogP contribution in [0.4, 0.5) is 0 Å². The Labute approximate surface area is 59.3 Å². The Hall–Kier alpha value is -0.620. The molecule has 1 amide bonds. The zero-order chi connectivity index (χ0) is 8.36. The van der Waals surface area contributed by atoms with Crippen LogP contribution in [0.25, 0.3) is 0 Å². The van der Waals surface area contributed by atoms with E-state index in [-0.39, 0.29) is 0 Å². The van der Waals surface area contributed by atoms with Crippen molar-refractivity contribution in [3.05, 3.63) is 0 Å². The van der Waals surface area contributed by atoms with Gasteiger partial charge in [-0.3, -0.25) is 8.98 Å². The number of nitrogens with two attached hydrogens (primary N) is 1. The average molecular weight is 167 g/mol. The van der Waals surface area contributed by atoms with Crippen molar-refractivity contribution < 1.29 is 17.4 Å². The number of carbonyl (C=O) groups is 1. The van der Waals surface area contributed by atoms with E-state index in [1.807, 2.05) is 0 Å². The van der Waals surface area contributed by atoms with Gasteiger partial charge in [0.1, 0.15) is 0 Å². The Morgan fingerprint density at radius 2 is 2.00 bits per heavy atom. The van der Waals surface area contributed by atoms with Crippen molar-refractivity contribution in [1.82, 2.24) is 0 Å². The zero-order valence-corrected chi connectivity index (χ0v) is 6.51. The van der Waals surface area contributed by atoms with E-state index >= 15 is 0 Å². The smallest absolute Gasteiger partial charge is 0.265 e. The molecule has 0 heterocycles. The van der Waals surface area contributed by atoms with E-state index in [1.165, 1.54) is 6.92 Å². The van der Waals surface area contributed by atoms with Gasteiger partial charge in [-0.15, -0.1) is 0 Å². The molecule has 1 atom stereocenters.